The van der Waals surface area contributed by atoms with Crippen LogP contribution >= 0.6 is 0 Å². The molecule has 6 nitrogen and oxygen atoms in total. The van der Waals surface area contributed by atoms with E-state index in [4.69, 9.17) is 9.47 Å². The van der Waals surface area contributed by atoms with Gasteiger partial charge in [-0.1, -0.05) is 25.3 Å². The van der Waals surface area contributed by atoms with E-state index in [0.29, 0.717) is 28.3 Å². The number of carbonyl (C=O) groups excluding carboxylic acids is 1. The standard InChI is InChI=1S/C21H22N2O4/c1-13-10-16(17(12-22)20(24)23-13)15-8-9-18(19(11-15)26-2)27-21(25)14-6-4-3-5-7-14/h8-11,14H,3-7H2,1-2H3,(H,23,24). The first-order chi connectivity index (χ1) is 13.0. The van der Waals surface area contributed by atoms with Crippen LogP contribution in [0.1, 0.15) is 43.4 Å². The Morgan fingerprint density at radius 3 is 2.59 bits per heavy atom. The van der Waals surface area contributed by atoms with Crippen molar-refractivity contribution < 1.29 is 14.3 Å². The maximum absolute atomic E-state index is 12.4. The van der Waals surface area contributed by atoms with Gasteiger partial charge in [-0.3, -0.25) is 9.59 Å². The number of aryl methyl sites for hydroxylation is 1. The average Bonchev–Trinajstić information content (AvgIpc) is 2.68. The summed E-state index contributed by atoms with van der Waals surface area (Å²) in [5, 5.41) is 9.33. The first kappa shape index (κ1) is 18.7. The topological polar surface area (TPSA) is 92.2 Å². The molecule has 0 bridgehead atoms. The Hall–Kier alpha value is -3.07. The number of esters is 1. The molecule has 1 aliphatic carbocycles. The quantitative estimate of drug-likeness (QED) is 0.658. The van der Waals surface area contributed by atoms with Crippen molar-refractivity contribution in [3.05, 3.63) is 45.9 Å². The molecule has 0 unspecified atom stereocenters. The second kappa shape index (κ2) is 8.09. The molecule has 2 aromatic rings. The summed E-state index contributed by atoms with van der Waals surface area (Å²) in [4.78, 5) is 27.1. The summed E-state index contributed by atoms with van der Waals surface area (Å²) in [6.07, 6.45) is 4.98. The molecule has 0 saturated heterocycles. The molecule has 1 fully saturated rings. The fourth-order valence-corrected chi connectivity index (χ4v) is 3.48. The highest BCUT2D eigenvalue weighted by molar-refractivity contribution is 5.78. The van der Waals surface area contributed by atoms with Crippen molar-refractivity contribution in [2.75, 3.05) is 7.11 Å². The zero-order valence-corrected chi connectivity index (χ0v) is 15.5. The number of H-pyrrole nitrogens is 1. The lowest BCUT2D eigenvalue weighted by Gasteiger charge is -2.20. The largest absolute Gasteiger partial charge is 0.493 e. The number of benzene rings is 1. The number of nitrogens with zero attached hydrogens (tertiary/aromatic N) is 1. The van der Waals surface area contributed by atoms with Crippen molar-refractivity contribution in [3.63, 3.8) is 0 Å². The summed E-state index contributed by atoms with van der Waals surface area (Å²) in [5.74, 6) is 0.435. The third-order valence-electron chi connectivity index (χ3n) is 4.90. The zero-order chi connectivity index (χ0) is 19.4. The van der Waals surface area contributed by atoms with Gasteiger partial charge in [0, 0.05) is 11.3 Å². The minimum atomic E-state index is -0.431. The number of rotatable bonds is 4. The lowest BCUT2D eigenvalue weighted by Crippen LogP contribution is -2.22. The molecule has 6 heteroatoms. The molecule has 1 aliphatic rings. The van der Waals surface area contributed by atoms with Crippen LogP contribution in [0.25, 0.3) is 11.1 Å². The molecule has 0 spiro atoms. The van der Waals surface area contributed by atoms with Crippen LogP contribution in [0.5, 0.6) is 11.5 Å². The molecule has 0 atom stereocenters. The Morgan fingerprint density at radius 2 is 1.93 bits per heavy atom. The molecule has 1 aromatic carbocycles. The predicted octanol–water partition coefficient (Wildman–Crippen LogP) is 3.72. The van der Waals surface area contributed by atoms with E-state index in [1.54, 1.807) is 31.2 Å². The maximum atomic E-state index is 12.4. The van der Waals surface area contributed by atoms with Crippen molar-refractivity contribution in [2.24, 2.45) is 5.92 Å². The molecule has 0 radical (unpaired) electrons. The molecule has 1 heterocycles. The Kier molecular flexibility index (Phi) is 5.60. The van der Waals surface area contributed by atoms with Gasteiger partial charge in [0.2, 0.25) is 0 Å². The summed E-state index contributed by atoms with van der Waals surface area (Å²) >= 11 is 0. The van der Waals surface area contributed by atoms with Crippen molar-refractivity contribution in [2.45, 2.75) is 39.0 Å². The van der Waals surface area contributed by atoms with Crippen LogP contribution < -0.4 is 15.0 Å². The molecule has 1 N–H and O–H groups in total. The van der Waals surface area contributed by atoms with Gasteiger partial charge in [-0.2, -0.15) is 5.26 Å². The van der Waals surface area contributed by atoms with Gasteiger partial charge in [0.25, 0.3) is 5.56 Å². The minimum Gasteiger partial charge on any atom is -0.493 e. The van der Waals surface area contributed by atoms with Crippen LogP contribution in [0, 0.1) is 24.2 Å². The van der Waals surface area contributed by atoms with Gasteiger partial charge in [0.1, 0.15) is 11.6 Å². The number of methoxy groups -OCH3 is 1. The van der Waals surface area contributed by atoms with E-state index in [0.717, 1.165) is 25.7 Å². The molecule has 140 valence electrons. The molecule has 1 aromatic heterocycles. The lowest BCUT2D eigenvalue weighted by molar-refractivity contribution is -0.140. The fourth-order valence-electron chi connectivity index (χ4n) is 3.48. The van der Waals surface area contributed by atoms with Crippen LogP contribution in [0.4, 0.5) is 0 Å². The third kappa shape index (κ3) is 4.03. The minimum absolute atomic E-state index is 0.0367. The summed E-state index contributed by atoms with van der Waals surface area (Å²) < 4.78 is 11.0. The van der Waals surface area contributed by atoms with E-state index in [9.17, 15) is 14.9 Å². The van der Waals surface area contributed by atoms with Gasteiger partial charge in [0.05, 0.1) is 13.0 Å². The number of pyridine rings is 1. The number of nitriles is 1. The maximum Gasteiger partial charge on any atom is 0.314 e. The Morgan fingerprint density at radius 1 is 1.19 bits per heavy atom. The second-order valence-electron chi connectivity index (χ2n) is 6.80. The molecule has 3 rings (SSSR count). The van der Waals surface area contributed by atoms with Gasteiger partial charge < -0.3 is 14.5 Å². The van der Waals surface area contributed by atoms with Crippen molar-refractivity contribution >= 4 is 5.97 Å². The van der Waals surface area contributed by atoms with E-state index in [2.05, 4.69) is 4.98 Å². The van der Waals surface area contributed by atoms with Crippen LogP contribution in [-0.4, -0.2) is 18.1 Å². The van der Waals surface area contributed by atoms with Crippen molar-refractivity contribution in [1.29, 1.82) is 5.26 Å². The fraction of sp³-hybridized carbons (Fsp3) is 0.381. The Labute approximate surface area is 157 Å². The van der Waals surface area contributed by atoms with Crippen LogP contribution in [0.15, 0.2) is 29.1 Å². The number of aromatic amines is 1. The highest BCUT2D eigenvalue weighted by Gasteiger charge is 2.24. The number of ether oxygens (including phenoxy) is 2. The second-order valence-corrected chi connectivity index (χ2v) is 6.80. The van der Waals surface area contributed by atoms with E-state index >= 15 is 0 Å². The van der Waals surface area contributed by atoms with Gasteiger partial charge in [-0.05, 0) is 43.5 Å². The number of hydrogen-bond acceptors (Lipinski definition) is 5. The van der Waals surface area contributed by atoms with Crippen molar-refractivity contribution in [1.82, 2.24) is 4.98 Å². The monoisotopic (exact) mass is 366 g/mol. The van der Waals surface area contributed by atoms with Gasteiger partial charge >= 0.3 is 5.97 Å². The van der Waals surface area contributed by atoms with E-state index in [-0.39, 0.29) is 17.5 Å². The highest BCUT2D eigenvalue weighted by Crippen LogP contribution is 2.35. The number of aromatic nitrogens is 1. The zero-order valence-electron chi connectivity index (χ0n) is 15.5. The molecule has 0 aliphatic heterocycles. The van der Waals surface area contributed by atoms with Crippen LogP contribution in [-0.2, 0) is 4.79 Å². The van der Waals surface area contributed by atoms with Gasteiger partial charge in [-0.15, -0.1) is 0 Å². The molecule has 27 heavy (non-hydrogen) atoms. The first-order valence-electron chi connectivity index (χ1n) is 9.07. The van der Waals surface area contributed by atoms with E-state index in [1.165, 1.54) is 13.5 Å². The molecule has 1 saturated carbocycles. The van der Waals surface area contributed by atoms with E-state index < -0.39 is 5.56 Å². The number of hydrogen-bond donors (Lipinski definition) is 1. The predicted molar refractivity (Wildman–Crippen MR) is 101 cm³/mol. The number of nitrogens with one attached hydrogen (secondary N) is 1. The van der Waals surface area contributed by atoms with E-state index in [1.807, 2.05) is 6.07 Å². The summed E-state index contributed by atoms with van der Waals surface area (Å²) in [7, 11) is 1.49. The summed E-state index contributed by atoms with van der Waals surface area (Å²) in [5.41, 5.74) is 1.42. The van der Waals surface area contributed by atoms with Crippen LogP contribution in [0.3, 0.4) is 0 Å². The van der Waals surface area contributed by atoms with Crippen LogP contribution in [0.2, 0.25) is 0 Å². The highest BCUT2D eigenvalue weighted by atomic mass is 16.6. The average molecular weight is 366 g/mol. The Balaban J connectivity index is 1.92. The molecular weight excluding hydrogens is 344 g/mol. The summed E-state index contributed by atoms with van der Waals surface area (Å²) in [6.45, 7) is 1.75. The SMILES string of the molecule is COc1cc(-c2cc(C)[nH]c(=O)c2C#N)ccc1OC(=O)C1CCCCC1. The molecular formula is C21H22N2O4. The summed E-state index contributed by atoms with van der Waals surface area (Å²) in [6, 6.07) is 8.73. The molecule has 0 amide bonds. The van der Waals surface area contributed by atoms with Gasteiger partial charge in [0.15, 0.2) is 11.5 Å². The lowest BCUT2D eigenvalue weighted by atomic mass is 9.89. The third-order valence-corrected chi connectivity index (χ3v) is 4.90. The normalized spacial score (nSPS) is 14.4. The number of carbonyl (C=O) groups is 1. The first-order valence-corrected chi connectivity index (χ1v) is 9.07. The van der Waals surface area contributed by atoms with Gasteiger partial charge in [-0.25, -0.2) is 0 Å². The Bertz CT molecular complexity index is 950. The smallest absolute Gasteiger partial charge is 0.314 e. The van der Waals surface area contributed by atoms with Crippen molar-refractivity contribution in [3.8, 4) is 28.7 Å².